The van der Waals surface area contributed by atoms with Crippen molar-refractivity contribution in [3.63, 3.8) is 0 Å². The molecule has 0 spiro atoms. The molecular formula is C19H30O5Sn. The summed E-state index contributed by atoms with van der Waals surface area (Å²) in [6.45, 7) is 8.47. The van der Waals surface area contributed by atoms with E-state index in [0.717, 1.165) is 43.8 Å². The molecule has 140 valence electrons. The van der Waals surface area contributed by atoms with Crippen LogP contribution >= 0.6 is 0 Å². The van der Waals surface area contributed by atoms with Crippen molar-refractivity contribution in [3.05, 3.63) is 23.3 Å². The zero-order valence-electron chi connectivity index (χ0n) is 15.5. The Kier molecular flexibility index (Phi) is 12.3. The third-order valence-corrected chi connectivity index (χ3v) is 3.86. The first kappa shape index (κ1) is 22.5. The summed E-state index contributed by atoms with van der Waals surface area (Å²) in [5, 5.41) is 0. The molecular weight excluding hydrogens is 427 g/mol. The topological polar surface area (TPSA) is 46.2 Å². The predicted molar refractivity (Wildman–Crippen MR) is 98.5 cm³/mol. The second-order valence-electron chi connectivity index (χ2n) is 5.86. The third-order valence-electron chi connectivity index (χ3n) is 3.86. The number of fused-ring (bicyclic) bond motifs is 1. The number of unbranched alkanes of at least 4 members (excludes halogenated alkanes) is 1. The van der Waals surface area contributed by atoms with Gasteiger partial charge in [-0.15, -0.1) is 0 Å². The van der Waals surface area contributed by atoms with Crippen LogP contribution in [0.25, 0.3) is 0 Å². The number of hydrogen-bond acceptors (Lipinski definition) is 5. The van der Waals surface area contributed by atoms with E-state index in [9.17, 15) is 0 Å². The molecule has 0 saturated heterocycles. The molecule has 0 fully saturated rings. The fourth-order valence-corrected chi connectivity index (χ4v) is 2.53. The van der Waals surface area contributed by atoms with Crippen LogP contribution < -0.4 is 9.47 Å². The Hall–Kier alpha value is -0.501. The van der Waals surface area contributed by atoms with Gasteiger partial charge in [-0.3, -0.25) is 0 Å². The van der Waals surface area contributed by atoms with Crippen LogP contribution in [-0.2, 0) is 27.2 Å². The molecule has 1 aromatic rings. The van der Waals surface area contributed by atoms with Gasteiger partial charge in [0, 0.05) is 30.5 Å². The maximum absolute atomic E-state index is 5.75. The molecule has 0 saturated carbocycles. The number of benzene rings is 1. The summed E-state index contributed by atoms with van der Waals surface area (Å²) in [7, 11) is 0. The summed E-state index contributed by atoms with van der Waals surface area (Å²) in [6, 6.07) is 4.12. The van der Waals surface area contributed by atoms with E-state index in [4.69, 9.17) is 23.7 Å². The van der Waals surface area contributed by atoms with Gasteiger partial charge in [-0.1, -0.05) is 26.7 Å². The van der Waals surface area contributed by atoms with Gasteiger partial charge in [0.1, 0.15) is 0 Å². The number of ether oxygens (including phenoxy) is 5. The largest absolute Gasteiger partial charge is 0.454 e. The first-order valence-corrected chi connectivity index (χ1v) is 8.99. The van der Waals surface area contributed by atoms with Gasteiger partial charge < -0.3 is 23.7 Å². The normalized spacial score (nSPS) is 12.2. The van der Waals surface area contributed by atoms with E-state index in [0.29, 0.717) is 39.8 Å². The summed E-state index contributed by atoms with van der Waals surface area (Å²) in [5.41, 5.74) is 2.44. The van der Waals surface area contributed by atoms with Gasteiger partial charge >= 0.3 is 0 Å². The zero-order chi connectivity index (χ0) is 17.0. The maximum Gasteiger partial charge on any atom is 0.231 e. The molecule has 0 N–H and O–H groups in total. The Bertz CT molecular complexity index is 481. The van der Waals surface area contributed by atoms with E-state index in [-0.39, 0.29) is 23.9 Å². The van der Waals surface area contributed by atoms with Crippen molar-refractivity contribution in [2.24, 2.45) is 0 Å². The monoisotopic (exact) mass is 458 g/mol. The van der Waals surface area contributed by atoms with E-state index in [1.165, 1.54) is 11.1 Å². The van der Waals surface area contributed by atoms with Crippen LogP contribution in [0.4, 0.5) is 0 Å². The minimum Gasteiger partial charge on any atom is -0.454 e. The average molecular weight is 457 g/mol. The first-order chi connectivity index (χ1) is 11.8. The molecule has 1 aliphatic rings. The van der Waals surface area contributed by atoms with Crippen molar-refractivity contribution in [2.75, 3.05) is 39.8 Å². The first-order valence-electron chi connectivity index (χ1n) is 8.99. The van der Waals surface area contributed by atoms with Crippen molar-refractivity contribution < 1.29 is 23.7 Å². The Morgan fingerprint density at radius 1 is 0.800 bits per heavy atom. The third kappa shape index (κ3) is 8.15. The van der Waals surface area contributed by atoms with E-state index in [1.807, 2.05) is 6.07 Å². The molecule has 0 bridgehead atoms. The Balaban J connectivity index is 0.00000312. The van der Waals surface area contributed by atoms with Crippen molar-refractivity contribution in [1.82, 2.24) is 0 Å². The number of aryl methyl sites for hydroxylation is 1. The average Bonchev–Trinajstić information content (AvgIpc) is 3.04. The second-order valence-corrected chi connectivity index (χ2v) is 5.86. The van der Waals surface area contributed by atoms with Crippen LogP contribution in [0.1, 0.15) is 44.2 Å². The van der Waals surface area contributed by atoms with Gasteiger partial charge in [0.25, 0.3) is 0 Å². The molecule has 5 nitrogen and oxygen atoms in total. The standard InChI is InChI=1S/C19H30O5.Sn/c1-3-5-7-20-8-9-21-10-11-22-14-17-13-19-18(23-15-24-19)12-16(17)6-4-2;/h12-13H,3-11,14-15H2,1-2H3;. The van der Waals surface area contributed by atoms with Crippen LogP contribution in [0, 0.1) is 0 Å². The summed E-state index contributed by atoms with van der Waals surface area (Å²) < 4.78 is 27.6. The Labute approximate surface area is 168 Å². The second kappa shape index (κ2) is 13.7. The summed E-state index contributed by atoms with van der Waals surface area (Å²) in [4.78, 5) is 0. The fraction of sp³-hybridized carbons (Fsp3) is 0.684. The maximum atomic E-state index is 5.75. The van der Waals surface area contributed by atoms with E-state index < -0.39 is 0 Å². The Morgan fingerprint density at radius 2 is 1.40 bits per heavy atom. The van der Waals surface area contributed by atoms with E-state index >= 15 is 0 Å². The van der Waals surface area contributed by atoms with Crippen molar-refractivity contribution in [2.45, 2.75) is 46.1 Å². The van der Waals surface area contributed by atoms with Gasteiger partial charge in [-0.2, -0.15) is 0 Å². The van der Waals surface area contributed by atoms with Crippen LogP contribution in [0.3, 0.4) is 0 Å². The van der Waals surface area contributed by atoms with Gasteiger partial charge in [0.15, 0.2) is 11.5 Å². The smallest absolute Gasteiger partial charge is 0.231 e. The molecule has 4 radical (unpaired) electrons. The molecule has 2 rings (SSSR count). The van der Waals surface area contributed by atoms with Crippen molar-refractivity contribution >= 4 is 23.9 Å². The number of hydrogen-bond donors (Lipinski definition) is 0. The van der Waals surface area contributed by atoms with Crippen molar-refractivity contribution in [1.29, 1.82) is 0 Å². The predicted octanol–water partition coefficient (Wildman–Crippen LogP) is 3.34. The van der Waals surface area contributed by atoms with E-state index in [2.05, 4.69) is 19.9 Å². The molecule has 0 unspecified atom stereocenters. The molecule has 6 heteroatoms. The molecule has 0 atom stereocenters. The molecule has 0 amide bonds. The van der Waals surface area contributed by atoms with Crippen LogP contribution in [0.2, 0.25) is 0 Å². The molecule has 1 heterocycles. The summed E-state index contributed by atoms with van der Waals surface area (Å²) in [6.07, 6.45) is 4.38. The fourth-order valence-electron chi connectivity index (χ4n) is 2.53. The summed E-state index contributed by atoms with van der Waals surface area (Å²) >= 11 is 0. The van der Waals surface area contributed by atoms with Crippen LogP contribution in [0.15, 0.2) is 12.1 Å². The quantitative estimate of drug-likeness (QED) is 0.336. The molecule has 1 aromatic carbocycles. The van der Waals surface area contributed by atoms with Gasteiger partial charge in [-0.05, 0) is 36.1 Å². The van der Waals surface area contributed by atoms with Gasteiger partial charge in [0.2, 0.25) is 6.79 Å². The molecule has 0 aliphatic carbocycles. The van der Waals surface area contributed by atoms with Gasteiger partial charge in [-0.25, -0.2) is 0 Å². The zero-order valence-corrected chi connectivity index (χ0v) is 18.3. The minimum absolute atomic E-state index is 0. The minimum atomic E-state index is 0. The molecule has 25 heavy (non-hydrogen) atoms. The SMILES string of the molecule is CCCCOCCOCCOCc1cc2c(cc1CCC)OCO2.[Sn]. The number of rotatable bonds is 13. The summed E-state index contributed by atoms with van der Waals surface area (Å²) in [5.74, 6) is 1.66. The van der Waals surface area contributed by atoms with Crippen molar-refractivity contribution in [3.8, 4) is 11.5 Å². The van der Waals surface area contributed by atoms with Gasteiger partial charge in [0.05, 0.1) is 33.0 Å². The Morgan fingerprint density at radius 3 is 2.04 bits per heavy atom. The van der Waals surface area contributed by atoms with E-state index in [1.54, 1.807) is 0 Å². The molecule has 0 aromatic heterocycles. The van der Waals surface area contributed by atoms with Crippen LogP contribution in [0.5, 0.6) is 11.5 Å². The van der Waals surface area contributed by atoms with Crippen LogP contribution in [-0.4, -0.2) is 63.7 Å². The molecule has 1 aliphatic heterocycles.